The SMILES string of the molecule is CC1(C)c2ccncc2-n2c3ccc(-c4cc[c-]c(-c5nccc6ccccc56)c4)cc3c3cccc1c32.[Ir]. The van der Waals surface area contributed by atoms with Gasteiger partial charge in [-0.2, -0.15) is 0 Å². The third kappa shape index (κ3) is 3.39. The second-order valence-corrected chi connectivity index (χ2v) is 10.7. The zero-order valence-corrected chi connectivity index (χ0v) is 24.0. The Hall–Kier alpha value is -4.11. The molecule has 7 aromatic rings. The molecule has 1 aliphatic rings. The molecule has 1 aliphatic heterocycles. The number of para-hydroxylation sites is 1. The molecule has 0 aliphatic carbocycles. The average molecular weight is 679 g/mol. The average Bonchev–Trinajstić information content (AvgIpc) is 3.30. The van der Waals surface area contributed by atoms with Crippen molar-refractivity contribution in [3.05, 3.63) is 127 Å². The summed E-state index contributed by atoms with van der Waals surface area (Å²) in [6.45, 7) is 4.63. The quantitative estimate of drug-likeness (QED) is 0.172. The topological polar surface area (TPSA) is 30.7 Å². The van der Waals surface area contributed by atoms with Crippen molar-refractivity contribution < 1.29 is 20.1 Å². The van der Waals surface area contributed by atoms with E-state index in [1.165, 1.54) is 49.6 Å². The van der Waals surface area contributed by atoms with Crippen LogP contribution in [0.25, 0.3) is 60.6 Å². The van der Waals surface area contributed by atoms with Gasteiger partial charge in [-0.3, -0.25) is 4.98 Å². The summed E-state index contributed by atoms with van der Waals surface area (Å²) in [6, 6.07) is 36.0. The molecule has 0 unspecified atom stereocenters. The van der Waals surface area contributed by atoms with Crippen LogP contribution in [0.1, 0.15) is 25.0 Å². The monoisotopic (exact) mass is 679 g/mol. The van der Waals surface area contributed by atoms with Crippen LogP contribution in [-0.2, 0) is 25.5 Å². The molecular weight excluding hydrogens is 655 g/mol. The maximum absolute atomic E-state index is 4.73. The molecule has 4 heterocycles. The Morgan fingerprint density at radius 2 is 1.59 bits per heavy atom. The Kier molecular flexibility index (Phi) is 5.35. The number of fused-ring (bicyclic) bond motifs is 6. The maximum atomic E-state index is 4.73. The van der Waals surface area contributed by atoms with E-state index in [1.54, 1.807) is 0 Å². The molecule has 4 aromatic carbocycles. The maximum Gasteiger partial charge on any atom is 0.0686 e. The van der Waals surface area contributed by atoms with Crippen LogP contribution in [0, 0.1) is 6.07 Å². The van der Waals surface area contributed by atoms with Crippen LogP contribution in [0.15, 0.2) is 110 Å². The first-order valence-corrected chi connectivity index (χ1v) is 13.0. The van der Waals surface area contributed by atoms with E-state index in [4.69, 9.17) is 4.98 Å². The number of nitrogens with zero attached hydrogens (tertiary/aromatic N) is 3. The van der Waals surface area contributed by atoms with Gasteiger partial charge >= 0.3 is 0 Å². The number of pyridine rings is 2. The summed E-state index contributed by atoms with van der Waals surface area (Å²) in [5.41, 5.74) is 10.5. The zero-order valence-electron chi connectivity index (χ0n) is 21.6. The Labute approximate surface area is 240 Å². The number of benzene rings is 4. The van der Waals surface area contributed by atoms with Crippen molar-refractivity contribution in [3.8, 4) is 28.1 Å². The van der Waals surface area contributed by atoms with Gasteiger partial charge in [0.2, 0.25) is 0 Å². The second kappa shape index (κ2) is 8.71. The summed E-state index contributed by atoms with van der Waals surface area (Å²) in [4.78, 5) is 9.23. The van der Waals surface area contributed by atoms with Crippen LogP contribution < -0.4 is 0 Å². The van der Waals surface area contributed by atoms with Crippen LogP contribution in [0.4, 0.5) is 0 Å². The minimum atomic E-state index is -0.0966. The largest absolute Gasteiger partial charge is 0.307 e. The van der Waals surface area contributed by atoms with Gasteiger partial charge in [-0.05, 0) is 57.4 Å². The van der Waals surface area contributed by atoms with Crippen LogP contribution in [0.3, 0.4) is 0 Å². The number of rotatable bonds is 2. The predicted octanol–water partition coefficient (Wildman–Crippen LogP) is 8.50. The van der Waals surface area contributed by atoms with Gasteiger partial charge in [0.25, 0.3) is 0 Å². The molecule has 4 heteroatoms. The van der Waals surface area contributed by atoms with Crippen molar-refractivity contribution in [1.29, 1.82) is 0 Å². The van der Waals surface area contributed by atoms with E-state index < -0.39 is 0 Å². The summed E-state index contributed by atoms with van der Waals surface area (Å²) >= 11 is 0. The smallest absolute Gasteiger partial charge is 0.0686 e. The Bertz CT molecular complexity index is 2060. The minimum Gasteiger partial charge on any atom is -0.307 e. The van der Waals surface area contributed by atoms with E-state index >= 15 is 0 Å². The van der Waals surface area contributed by atoms with Gasteiger partial charge in [-0.1, -0.05) is 62.4 Å². The van der Waals surface area contributed by atoms with E-state index in [1.807, 2.05) is 24.7 Å². The molecule has 0 atom stereocenters. The molecule has 8 rings (SSSR count). The van der Waals surface area contributed by atoms with Crippen LogP contribution in [-0.4, -0.2) is 14.5 Å². The molecule has 3 nitrogen and oxygen atoms in total. The summed E-state index contributed by atoms with van der Waals surface area (Å²) in [7, 11) is 0. The first kappa shape index (κ1) is 24.0. The molecule has 0 N–H and O–H groups in total. The molecule has 0 bridgehead atoms. The molecule has 39 heavy (non-hydrogen) atoms. The summed E-state index contributed by atoms with van der Waals surface area (Å²) in [6.07, 6.45) is 5.80. The van der Waals surface area contributed by atoms with E-state index in [0.717, 1.165) is 22.2 Å². The molecular formula is C35H24IrN3-. The van der Waals surface area contributed by atoms with Crippen molar-refractivity contribution in [3.63, 3.8) is 0 Å². The fourth-order valence-corrected chi connectivity index (χ4v) is 6.36. The van der Waals surface area contributed by atoms with Crippen molar-refractivity contribution in [2.24, 2.45) is 0 Å². The van der Waals surface area contributed by atoms with E-state index in [0.29, 0.717) is 0 Å². The van der Waals surface area contributed by atoms with Gasteiger partial charge in [-0.15, -0.1) is 35.4 Å². The van der Waals surface area contributed by atoms with Crippen LogP contribution >= 0.6 is 0 Å². The number of hydrogen-bond acceptors (Lipinski definition) is 2. The summed E-state index contributed by atoms with van der Waals surface area (Å²) in [5, 5.41) is 4.86. The molecule has 189 valence electrons. The van der Waals surface area contributed by atoms with Gasteiger partial charge in [-0.25, -0.2) is 0 Å². The van der Waals surface area contributed by atoms with Crippen LogP contribution in [0.5, 0.6) is 0 Å². The second-order valence-electron chi connectivity index (χ2n) is 10.7. The Balaban J connectivity index is 0.00000253. The Morgan fingerprint density at radius 1 is 0.744 bits per heavy atom. The molecule has 1 radical (unpaired) electrons. The van der Waals surface area contributed by atoms with E-state index in [-0.39, 0.29) is 25.5 Å². The van der Waals surface area contributed by atoms with Gasteiger partial charge < -0.3 is 9.55 Å². The molecule has 0 amide bonds. The number of hydrogen-bond donors (Lipinski definition) is 0. The summed E-state index contributed by atoms with van der Waals surface area (Å²) in [5.74, 6) is 0. The van der Waals surface area contributed by atoms with Crippen molar-refractivity contribution in [2.45, 2.75) is 19.3 Å². The fraction of sp³-hybridized carbons (Fsp3) is 0.0857. The van der Waals surface area contributed by atoms with Gasteiger partial charge in [0, 0.05) is 48.7 Å². The molecule has 0 spiro atoms. The molecule has 0 fully saturated rings. The summed E-state index contributed by atoms with van der Waals surface area (Å²) < 4.78 is 2.40. The number of aromatic nitrogens is 3. The predicted molar refractivity (Wildman–Crippen MR) is 156 cm³/mol. The minimum absolute atomic E-state index is 0. The Morgan fingerprint density at radius 3 is 2.51 bits per heavy atom. The van der Waals surface area contributed by atoms with Crippen molar-refractivity contribution in [1.82, 2.24) is 14.5 Å². The first-order valence-electron chi connectivity index (χ1n) is 13.0. The standard InChI is InChI=1S/C35H24N3.Ir/c1-35(2)29-16-17-36-21-32(29)38-31-14-13-24(20-28(31)27-11-6-12-30(35)34(27)38)23-8-5-9-25(19-23)33-26-10-4-3-7-22(26)15-18-37-33;/h3-8,10-21H,1-2H3;/q-1;. The molecule has 0 saturated carbocycles. The van der Waals surface area contributed by atoms with Gasteiger partial charge in [0.05, 0.1) is 22.9 Å². The van der Waals surface area contributed by atoms with Crippen molar-refractivity contribution >= 4 is 32.6 Å². The van der Waals surface area contributed by atoms with E-state index in [2.05, 4.69) is 114 Å². The third-order valence-corrected chi connectivity index (χ3v) is 8.24. The normalized spacial score (nSPS) is 13.4. The van der Waals surface area contributed by atoms with Crippen LogP contribution in [0.2, 0.25) is 0 Å². The van der Waals surface area contributed by atoms with Crippen molar-refractivity contribution in [2.75, 3.05) is 0 Å². The zero-order chi connectivity index (χ0) is 25.4. The molecule has 3 aromatic heterocycles. The molecule has 0 saturated heterocycles. The first-order chi connectivity index (χ1) is 18.6. The fourth-order valence-electron chi connectivity index (χ4n) is 6.36. The van der Waals surface area contributed by atoms with E-state index in [9.17, 15) is 0 Å². The third-order valence-electron chi connectivity index (χ3n) is 8.24. The van der Waals surface area contributed by atoms with Gasteiger partial charge in [0.15, 0.2) is 0 Å². The van der Waals surface area contributed by atoms with Gasteiger partial charge in [0.1, 0.15) is 0 Å².